The van der Waals surface area contributed by atoms with Crippen LogP contribution in [0, 0.1) is 11.3 Å². The van der Waals surface area contributed by atoms with Crippen LogP contribution in [-0.4, -0.2) is 42.1 Å². The van der Waals surface area contributed by atoms with Crippen molar-refractivity contribution in [3.8, 4) is 11.8 Å². The fraction of sp³-hybridized carbons (Fsp3) is 0.308. The largest absolute Gasteiger partial charge is 0.495 e. The number of rotatable bonds is 7. The maximum Gasteiger partial charge on any atom is 0.317 e. The Balaban J connectivity index is 2.90. The Kier molecular flexibility index (Phi) is 5.50. The highest BCUT2D eigenvalue weighted by atomic mass is 16.5. The maximum atomic E-state index is 10.9. The van der Waals surface area contributed by atoms with E-state index in [1.807, 2.05) is 6.07 Å². The van der Waals surface area contributed by atoms with Gasteiger partial charge in [0.2, 0.25) is 5.91 Å². The van der Waals surface area contributed by atoms with Gasteiger partial charge in [-0.1, -0.05) is 6.07 Å². The average Bonchev–Trinajstić information content (AvgIpc) is 2.36. The van der Waals surface area contributed by atoms with Crippen LogP contribution in [0.5, 0.6) is 5.75 Å². The zero-order valence-corrected chi connectivity index (χ0v) is 11.0. The van der Waals surface area contributed by atoms with Gasteiger partial charge in [-0.2, -0.15) is 5.26 Å². The number of nitrogens with two attached hydrogens (primary N) is 1. The second kappa shape index (κ2) is 7.11. The highest BCUT2D eigenvalue weighted by molar-refractivity contribution is 5.77. The predicted octanol–water partition coefficient (Wildman–Crippen LogP) is -0.0612. The van der Waals surface area contributed by atoms with E-state index < -0.39 is 11.9 Å². The summed E-state index contributed by atoms with van der Waals surface area (Å²) < 4.78 is 5.07. The lowest BCUT2D eigenvalue weighted by molar-refractivity contribution is -0.138. The van der Waals surface area contributed by atoms with Gasteiger partial charge in [0.25, 0.3) is 0 Å². The summed E-state index contributed by atoms with van der Waals surface area (Å²) in [5, 5.41) is 17.7. The molecule has 0 bridgehead atoms. The Hall–Kier alpha value is -2.59. The zero-order chi connectivity index (χ0) is 15.1. The van der Waals surface area contributed by atoms with Crippen molar-refractivity contribution >= 4 is 11.9 Å². The molecule has 0 spiro atoms. The number of carboxylic acid groups (broad SMARTS) is 1. The zero-order valence-electron chi connectivity index (χ0n) is 11.0. The molecule has 0 aliphatic rings. The summed E-state index contributed by atoms with van der Waals surface area (Å²) >= 11 is 0. The second-order valence-electron chi connectivity index (χ2n) is 4.15. The highest BCUT2D eigenvalue weighted by Crippen LogP contribution is 2.20. The van der Waals surface area contributed by atoms with Crippen LogP contribution in [0.4, 0.5) is 0 Å². The number of benzene rings is 1. The third-order valence-corrected chi connectivity index (χ3v) is 2.53. The molecule has 1 aromatic rings. The van der Waals surface area contributed by atoms with Gasteiger partial charge in [0, 0.05) is 6.54 Å². The Labute approximate surface area is 116 Å². The molecule has 0 radical (unpaired) electrons. The van der Waals surface area contributed by atoms with Gasteiger partial charge in [-0.3, -0.25) is 14.5 Å². The molecule has 0 fully saturated rings. The topological polar surface area (TPSA) is 117 Å². The van der Waals surface area contributed by atoms with Crippen molar-refractivity contribution in [3.05, 3.63) is 29.3 Å². The van der Waals surface area contributed by atoms with Crippen molar-refractivity contribution in [1.82, 2.24) is 4.90 Å². The van der Waals surface area contributed by atoms with Crippen LogP contribution >= 0.6 is 0 Å². The van der Waals surface area contributed by atoms with Crippen molar-refractivity contribution < 1.29 is 19.4 Å². The number of hydrogen-bond donors (Lipinski definition) is 2. The lowest BCUT2D eigenvalue weighted by Crippen LogP contribution is -2.36. The fourth-order valence-electron chi connectivity index (χ4n) is 1.76. The predicted molar refractivity (Wildman–Crippen MR) is 69.8 cm³/mol. The summed E-state index contributed by atoms with van der Waals surface area (Å²) in [6, 6.07) is 6.88. The molecule has 0 saturated carbocycles. The molecule has 1 aromatic carbocycles. The molecule has 0 aliphatic heterocycles. The molecule has 106 valence electrons. The lowest BCUT2D eigenvalue weighted by atomic mass is 10.1. The maximum absolute atomic E-state index is 10.9. The summed E-state index contributed by atoms with van der Waals surface area (Å²) in [6.07, 6.45) is 0. The number of amides is 1. The molecule has 0 heterocycles. The molecule has 0 unspecified atom stereocenters. The van der Waals surface area contributed by atoms with Crippen LogP contribution < -0.4 is 10.5 Å². The van der Waals surface area contributed by atoms with Crippen LogP contribution in [0.3, 0.4) is 0 Å². The lowest BCUT2D eigenvalue weighted by Gasteiger charge is -2.18. The fourth-order valence-corrected chi connectivity index (χ4v) is 1.76. The molecule has 3 N–H and O–H groups in total. The molecular weight excluding hydrogens is 262 g/mol. The molecule has 1 rings (SSSR count). The van der Waals surface area contributed by atoms with Crippen molar-refractivity contribution in [2.45, 2.75) is 6.54 Å². The van der Waals surface area contributed by atoms with Gasteiger partial charge in [0.05, 0.1) is 25.8 Å². The van der Waals surface area contributed by atoms with E-state index in [0.29, 0.717) is 11.3 Å². The first kappa shape index (κ1) is 15.5. The number of carbonyl (C=O) groups excluding carboxylic acids is 1. The molecule has 20 heavy (non-hydrogen) atoms. The minimum atomic E-state index is -1.05. The number of aliphatic carboxylic acids is 1. The Morgan fingerprint density at radius 3 is 2.65 bits per heavy atom. The van der Waals surface area contributed by atoms with Gasteiger partial charge in [0.15, 0.2) is 0 Å². The van der Waals surface area contributed by atoms with Gasteiger partial charge in [0.1, 0.15) is 11.8 Å². The normalized spacial score (nSPS) is 10.1. The summed E-state index contributed by atoms with van der Waals surface area (Å²) in [5.41, 5.74) is 6.19. The number of primary amides is 1. The monoisotopic (exact) mass is 277 g/mol. The average molecular weight is 277 g/mol. The summed E-state index contributed by atoms with van der Waals surface area (Å²) in [7, 11) is 1.44. The highest BCUT2D eigenvalue weighted by Gasteiger charge is 2.14. The molecule has 0 aromatic heterocycles. The van der Waals surface area contributed by atoms with Gasteiger partial charge in [-0.05, 0) is 17.7 Å². The van der Waals surface area contributed by atoms with Crippen LogP contribution in [-0.2, 0) is 16.1 Å². The number of carbonyl (C=O) groups is 2. The van der Waals surface area contributed by atoms with Gasteiger partial charge >= 0.3 is 5.97 Å². The van der Waals surface area contributed by atoms with Gasteiger partial charge in [-0.25, -0.2) is 0 Å². The number of methoxy groups -OCH3 is 1. The Morgan fingerprint density at radius 2 is 2.15 bits per heavy atom. The van der Waals surface area contributed by atoms with E-state index in [0.717, 1.165) is 5.56 Å². The van der Waals surface area contributed by atoms with E-state index >= 15 is 0 Å². The molecule has 0 saturated heterocycles. The van der Waals surface area contributed by atoms with E-state index in [2.05, 4.69) is 0 Å². The van der Waals surface area contributed by atoms with Crippen molar-refractivity contribution in [3.63, 3.8) is 0 Å². The second-order valence-corrected chi connectivity index (χ2v) is 4.15. The molecule has 1 amide bonds. The van der Waals surface area contributed by atoms with E-state index in [1.165, 1.54) is 12.0 Å². The number of hydrogen-bond acceptors (Lipinski definition) is 5. The molecule has 7 nitrogen and oxygen atoms in total. The third-order valence-electron chi connectivity index (χ3n) is 2.53. The standard InChI is InChI=1S/C13H15N3O4/c1-20-11-4-9(2-3-10(11)5-14)6-16(7-12(15)17)8-13(18)19/h2-4H,6-8H2,1H3,(H2,15,17)(H,18,19). The van der Waals surface area contributed by atoms with Crippen molar-refractivity contribution in [2.24, 2.45) is 5.73 Å². The van der Waals surface area contributed by atoms with Crippen molar-refractivity contribution in [2.75, 3.05) is 20.2 Å². The SMILES string of the molecule is COc1cc(CN(CC(N)=O)CC(=O)O)ccc1C#N. The minimum absolute atomic E-state index is 0.158. The van der Waals surface area contributed by atoms with Crippen LogP contribution in [0.2, 0.25) is 0 Å². The van der Waals surface area contributed by atoms with Crippen LogP contribution in [0.25, 0.3) is 0 Å². The first-order valence-electron chi connectivity index (χ1n) is 5.75. The third kappa shape index (κ3) is 4.59. The van der Waals surface area contributed by atoms with E-state index in [-0.39, 0.29) is 19.6 Å². The quantitative estimate of drug-likeness (QED) is 0.721. The van der Waals surface area contributed by atoms with E-state index in [1.54, 1.807) is 18.2 Å². The molecule has 7 heteroatoms. The Bertz CT molecular complexity index is 535. The number of ether oxygens (including phenoxy) is 1. The summed E-state index contributed by atoms with van der Waals surface area (Å²) in [4.78, 5) is 23.1. The smallest absolute Gasteiger partial charge is 0.317 e. The first-order chi connectivity index (χ1) is 9.46. The van der Waals surface area contributed by atoms with E-state index in [9.17, 15) is 9.59 Å². The van der Waals surface area contributed by atoms with Gasteiger partial charge in [-0.15, -0.1) is 0 Å². The number of nitrogens with zero attached hydrogens (tertiary/aromatic N) is 2. The minimum Gasteiger partial charge on any atom is -0.495 e. The first-order valence-corrected chi connectivity index (χ1v) is 5.75. The number of carboxylic acids is 1. The van der Waals surface area contributed by atoms with Crippen LogP contribution in [0.15, 0.2) is 18.2 Å². The molecule has 0 aliphatic carbocycles. The summed E-state index contributed by atoms with van der Waals surface area (Å²) in [6.45, 7) is -0.239. The molecule has 0 atom stereocenters. The molecular formula is C13H15N3O4. The van der Waals surface area contributed by atoms with Crippen LogP contribution in [0.1, 0.15) is 11.1 Å². The number of nitriles is 1. The summed E-state index contributed by atoms with van der Waals surface area (Å²) in [5.74, 6) is -1.25. The van der Waals surface area contributed by atoms with Gasteiger partial charge < -0.3 is 15.6 Å². The van der Waals surface area contributed by atoms with E-state index in [4.69, 9.17) is 20.8 Å². The van der Waals surface area contributed by atoms with Crippen molar-refractivity contribution in [1.29, 1.82) is 5.26 Å². The Morgan fingerprint density at radius 1 is 1.45 bits per heavy atom.